The van der Waals surface area contributed by atoms with Gasteiger partial charge in [0.05, 0.1) is 0 Å². The van der Waals surface area contributed by atoms with E-state index in [1.165, 1.54) is 0 Å². The van der Waals surface area contributed by atoms with Gasteiger partial charge in [0.2, 0.25) is 0 Å². The molecule has 1 rings (SSSR count). The van der Waals surface area contributed by atoms with Crippen LogP contribution in [0, 0.1) is 0 Å². The number of ether oxygens (including phenoxy) is 1. The van der Waals surface area contributed by atoms with Gasteiger partial charge in [0.1, 0.15) is 36.6 Å². The Kier molecular flexibility index (Phi) is 5.74. The van der Waals surface area contributed by atoms with Gasteiger partial charge in [-0.1, -0.05) is 0 Å². The summed E-state index contributed by atoms with van der Waals surface area (Å²) in [4.78, 5) is 0. The molecule has 1 aliphatic carbocycles. The minimum Gasteiger partial charge on any atom is -0.396 e. The van der Waals surface area contributed by atoms with E-state index in [1.807, 2.05) is 0 Å². The lowest BCUT2D eigenvalue weighted by atomic mass is 9.85. The fourth-order valence-corrected chi connectivity index (χ4v) is 1.83. The zero-order valence-electron chi connectivity index (χ0n) is 9.38. The molecule has 0 spiro atoms. The van der Waals surface area contributed by atoms with Crippen LogP contribution in [0.15, 0.2) is 0 Å². The number of unbranched alkanes of at least 4 members (excludes halogenated alkanes) is 1. The van der Waals surface area contributed by atoms with Crippen LogP contribution >= 0.6 is 0 Å². The molecule has 0 aromatic rings. The SMILES string of the molecule is OCCCCOC1[C@H](O)[C@H](O)C(O)[C@H](O)[C@H]1O. The van der Waals surface area contributed by atoms with E-state index in [0.29, 0.717) is 12.8 Å². The third-order valence-corrected chi connectivity index (χ3v) is 2.94. The normalized spacial score (nSPS) is 42.7. The second-order valence-corrected chi connectivity index (χ2v) is 4.22. The summed E-state index contributed by atoms with van der Waals surface area (Å²) >= 11 is 0. The molecule has 0 aliphatic heterocycles. The Hall–Kier alpha value is -0.280. The molecule has 2 unspecified atom stereocenters. The number of aliphatic hydroxyl groups excluding tert-OH is 6. The lowest BCUT2D eigenvalue weighted by Gasteiger charge is -2.41. The van der Waals surface area contributed by atoms with Crippen LogP contribution in [0.4, 0.5) is 0 Å². The molecule has 0 aromatic heterocycles. The second-order valence-electron chi connectivity index (χ2n) is 4.22. The maximum Gasteiger partial charge on any atom is 0.114 e. The van der Waals surface area contributed by atoms with Crippen LogP contribution in [-0.4, -0.2) is 80.5 Å². The van der Waals surface area contributed by atoms with Crippen LogP contribution in [0.1, 0.15) is 12.8 Å². The maximum absolute atomic E-state index is 9.60. The average molecular weight is 252 g/mol. The molecule has 17 heavy (non-hydrogen) atoms. The number of aliphatic hydroxyl groups is 6. The molecule has 1 fully saturated rings. The first kappa shape index (κ1) is 14.8. The molecule has 6 atom stereocenters. The molecule has 0 heterocycles. The standard InChI is InChI=1S/C10H20O7/c11-3-1-2-4-17-10-8(15)6(13)5(12)7(14)9(10)16/h5-16H,1-4H2/t5?,6-,7+,8-,9-,10?/m1/s1. The highest BCUT2D eigenvalue weighted by atomic mass is 16.5. The van der Waals surface area contributed by atoms with Crippen molar-refractivity contribution in [3.63, 3.8) is 0 Å². The summed E-state index contributed by atoms with van der Waals surface area (Å²) < 4.78 is 5.16. The molecule has 1 aliphatic rings. The van der Waals surface area contributed by atoms with Gasteiger partial charge in [0, 0.05) is 13.2 Å². The van der Waals surface area contributed by atoms with Crippen molar-refractivity contribution in [1.29, 1.82) is 0 Å². The molecule has 0 aromatic carbocycles. The lowest BCUT2D eigenvalue weighted by Crippen LogP contribution is -2.64. The first-order valence-corrected chi connectivity index (χ1v) is 5.63. The Labute approximate surface area is 98.9 Å². The minimum absolute atomic E-state index is 0.0170. The summed E-state index contributed by atoms with van der Waals surface area (Å²) in [6.07, 6.45) is -7.74. The maximum atomic E-state index is 9.60. The lowest BCUT2D eigenvalue weighted by molar-refractivity contribution is -0.235. The summed E-state index contributed by atoms with van der Waals surface area (Å²) in [6, 6.07) is 0. The van der Waals surface area contributed by atoms with E-state index < -0.39 is 36.6 Å². The van der Waals surface area contributed by atoms with Crippen molar-refractivity contribution >= 4 is 0 Å². The Morgan fingerprint density at radius 1 is 0.706 bits per heavy atom. The van der Waals surface area contributed by atoms with Crippen molar-refractivity contribution in [2.24, 2.45) is 0 Å². The van der Waals surface area contributed by atoms with Gasteiger partial charge in [-0.3, -0.25) is 0 Å². The Balaban J connectivity index is 2.51. The monoisotopic (exact) mass is 252 g/mol. The first-order chi connectivity index (χ1) is 8.00. The summed E-state index contributed by atoms with van der Waals surface area (Å²) in [5.74, 6) is 0. The third kappa shape index (κ3) is 3.35. The first-order valence-electron chi connectivity index (χ1n) is 5.63. The van der Waals surface area contributed by atoms with Crippen LogP contribution < -0.4 is 0 Å². The minimum atomic E-state index is -1.60. The van der Waals surface area contributed by atoms with Crippen molar-refractivity contribution in [3.05, 3.63) is 0 Å². The van der Waals surface area contributed by atoms with E-state index >= 15 is 0 Å². The van der Waals surface area contributed by atoms with Gasteiger partial charge in [-0.25, -0.2) is 0 Å². The summed E-state index contributed by atoms with van der Waals surface area (Å²) in [7, 11) is 0. The Morgan fingerprint density at radius 2 is 1.18 bits per heavy atom. The van der Waals surface area contributed by atoms with Gasteiger partial charge in [-0.05, 0) is 12.8 Å². The molecule has 0 amide bonds. The average Bonchev–Trinajstić information content (AvgIpc) is 2.33. The molecular weight excluding hydrogens is 232 g/mol. The van der Waals surface area contributed by atoms with Gasteiger partial charge < -0.3 is 35.4 Å². The van der Waals surface area contributed by atoms with Crippen LogP contribution in [0.5, 0.6) is 0 Å². The Bertz CT molecular complexity index is 209. The number of hydrogen-bond donors (Lipinski definition) is 6. The van der Waals surface area contributed by atoms with Gasteiger partial charge in [0.25, 0.3) is 0 Å². The summed E-state index contributed by atoms with van der Waals surface area (Å²) in [5, 5.41) is 55.9. The van der Waals surface area contributed by atoms with Gasteiger partial charge >= 0.3 is 0 Å². The smallest absolute Gasteiger partial charge is 0.114 e. The van der Waals surface area contributed by atoms with Crippen LogP contribution in [-0.2, 0) is 4.74 Å². The molecule has 102 valence electrons. The third-order valence-electron chi connectivity index (χ3n) is 2.94. The molecule has 7 heteroatoms. The van der Waals surface area contributed by atoms with Crippen LogP contribution in [0.25, 0.3) is 0 Å². The number of rotatable bonds is 5. The topological polar surface area (TPSA) is 131 Å². The van der Waals surface area contributed by atoms with Crippen molar-refractivity contribution in [2.75, 3.05) is 13.2 Å². The van der Waals surface area contributed by atoms with Gasteiger partial charge in [0.15, 0.2) is 0 Å². The molecule has 0 radical (unpaired) electrons. The Morgan fingerprint density at radius 3 is 1.65 bits per heavy atom. The second kappa shape index (κ2) is 6.60. The van der Waals surface area contributed by atoms with E-state index in [2.05, 4.69) is 0 Å². The molecule has 1 saturated carbocycles. The van der Waals surface area contributed by atoms with Crippen molar-refractivity contribution in [2.45, 2.75) is 49.5 Å². The highest BCUT2D eigenvalue weighted by Crippen LogP contribution is 2.23. The quantitative estimate of drug-likeness (QED) is 0.287. The summed E-state index contributed by atoms with van der Waals surface area (Å²) in [5.41, 5.74) is 0. The van der Waals surface area contributed by atoms with E-state index in [-0.39, 0.29) is 13.2 Å². The van der Waals surface area contributed by atoms with Crippen molar-refractivity contribution in [1.82, 2.24) is 0 Å². The van der Waals surface area contributed by atoms with Crippen LogP contribution in [0.3, 0.4) is 0 Å². The zero-order valence-corrected chi connectivity index (χ0v) is 9.38. The van der Waals surface area contributed by atoms with E-state index in [0.717, 1.165) is 0 Å². The molecule has 0 bridgehead atoms. The van der Waals surface area contributed by atoms with Gasteiger partial charge in [-0.2, -0.15) is 0 Å². The highest BCUT2D eigenvalue weighted by molar-refractivity contribution is 4.99. The fourth-order valence-electron chi connectivity index (χ4n) is 1.83. The van der Waals surface area contributed by atoms with E-state index in [1.54, 1.807) is 0 Å². The molecule has 7 nitrogen and oxygen atoms in total. The molecule has 0 saturated heterocycles. The fraction of sp³-hybridized carbons (Fsp3) is 1.00. The highest BCUT2D eigenvalue weighted by Gasteiger charge is 2.48. The molecule has 6 N–H and O–H groups in total. The van der Waals surface area contributed by atoms with Crippen LogP contribution in [0.2, 0.25) is 0 Å². The van der Waals surface area contributed by atoms with Crippen molar-refractivity contribution in [3.8, 4) is 0 Å². The predicted molar refractivity (Wildman–Crippen MR) is 56.1 cm³/mol. The predicted octanol–water partition coefficient (Wildman–Crippen LogP) is -3.04. The largest absolute Gasteiger partial charge is 0.396 e. The molecular formula is C10H20O7. The van der Waals surface area contributed by atoms with E-state index in [4.69, 9.17) is 9.84 Å². The summed E-state index contributed by atoms with van der Waals surface area (Å²) in [6.45, 7) is 0.192. The van der Waals surface area contributed by atoms with E-state index in [9.17, 15) is 25.5 Å². The van der Waals surface area contributed by atoms with Crippen molar-refractivity contribution < 1.29 is 35.4 Å². The zero-order chi connectivity index (χ0) is 13.0. The van der Waals surface area contributed by atoms with Gasteiger partial charge in [-0.15, -0.1) is 0 Å². The number of hydrogen-bond acceptors (Lipinski definition) is 7.